The van der Waals surface area contributed by atoms with E-state index in [1.54, 1.807) is 11.1 Å². The van der Waals surface area contributed by atoms with Crippen molar-refractivity contribution in [2.45, 2.75) is 98.8 Å². The highest BCUT2D eigenvalue weighted by Gasteiger charge is 2.31. The second kappa shape index (κ2) is 13.1. The Morgan fingerprint density at radius 2 is 1.64 bits per heavy atom. The van der Waals surface area contributed by atoms with Crippen molar-refractivity contribution in [2.24, 2.45) is 17.8 Å². The number of rotatable bonds is 9. The van der Waals surface area contributed by atoms with Gasteiger partial charge in [-0.05, 0) is 92.9 Å². The normalized spacial score (nSPS) is 17.2. The van der Waals surface area contributed by atoms with Gasteiger partial charge in [-0.3, -0.25) is 14.4 Å². The third-order valence-electron chi connectivity index (χ3n) is 8.16. The summed E-state index contributed by atoms with van der Waals surface area (Å²) >= 11 is 0. The minimum atomic E-state index is -0.0597. The van der Waals surface area contributed by atoms with Gasteiger partial charge in [0.15, 0.2) is 5.78 Å². The highest BCUT2D eigenvalue weighted by Crippen LogP contribution is 2.36. The molecule has 0 N–H and O–H groups in total. The van der Waals surface area contributed by atoms with Gasteiger partial charge in [0.05, 0.1) is 6.42 Å². The van der Waals surface area contributed by atoms with Gasteiger partial charge in [0.1, 0.15) is 11.6 Å². The summed E-state index contributed by atoms with van der Waals surface area (Å²) in [4.78, 5) is 36.2. The van der Waals surface area contributed by atoms with Crippen molar-refractivity contribution < 1.29 is 14.4 Å². The Morgan fingerprint density at radius 3 is 2.33 bits per heavy atom. The van der Waals surface area contributed by atoms with Crippen LogP contribution in [0, 0.1) is 31.6 Å². The van der Waals surface area contributed by atoms with Gasteiger partial charge in [-0.15, -0.1) is 0 Å². The Labute approximate surface area is 218 Å². The number of fused-ring (bicyclic) bond motifs is 2. The van der Waals surface area contributed by atoms with Crippen molar-refractivity contribution >= 4 is 17.3 Å². The summed E-state index contributed by atoms with van der Waals surface area (Å²) in [6, 6.07) is 12.9. The summed E-state index contributed by atoms with van der Waals surface area (Å²) in [5.41, 5.74) is 7.70. The standard InChI is InChI=1S/C23H32O3.C10H12/c1-5-18(6-2)20(14-21(25)10-16(4)24)12-17-11-19-9-7-8-15(3)23(19)22(26)13-17;1-8-5-6-9-3-2-4-10(9)7-8/h7-9,17-18,20H,5-6,10-14H2,1-4H3;5-7H,2-4H2,1H3. The predicted octanol–water partition coefficient (Wildman–Crippen LogP) is 7.60. The fourth-order valence-electron chi connectivity index (χ4n) is 6.38. The Morgan fingerprint density at radius 1 is 0.917 bits per heavy atom. The molecule has 36 heavy (non-hydrogen) atoms. The van der Waals surface area contributed by atoms with E-state index in [4.69, 9.17) is 0 Å². The molecule has 3 heteroatoms. The molecule has 194 valence electrons. The molecule has 0 fully saturated rings. The van der Waals surface area contributed by atoms with Crippen molar-refractivity contribution in [3.8, 4) is 0 Å². The van der Waals surface area contributed by atoms with Gasteiger partial charge in [-0.1, -0.05) is 68.7 Å². The zero-order valence-electron chi connectivity index (χ0n) is 23.0. The number of aryl methyl sites for hydroxylation is 4. The van der Waals surface area contributed by atoms with Crippen molar-refractivity contribution in [1.82, 2.24) is 0 Å². The maximum Gasteiger partial charge on any atom is 0.163 e. The molecule has 2 unspecified atom stereocenters. The number of carbonyl (C=O) groups excluding carboxylic acids is 3. The van der Waals surface area contributed by atoms with Crippen molar-refractivity contribution in [2.75, 3.05) is 0 Å². The van der Waals surface area contributed by atoms with E-state index in [0.717, 1.165) is 42.4 Å². The lowest BCUT2D eigenvalue weighted by molar-refractivity contribution is -0.126. The highest BCUT2D eigenvalue weighted by molar-refractivity contribution is 6.00. The van der Waals surface area contributed by atoms with Crippen LogP contribution in [0.2, 0.25) is 0 Å². The fourth-order valence-corrected chi connectivity index (χ4v) is 6.38. The number of hydrogen-bond donors (Lipinski definition) is 0. The molecule has 0 saturated carbocycles. The maximum atomic E-state index is 12.7. The van der Waals surface area contributed by atoms with Crippen LogP contribution >= 0.6 is 0 Å². The van der Waals surface area contributed by atoms with E-state index in [-0.39, 0.29) is 29.7 Å². The molecule has 0 radical (unpaired) electrons. The second-order valence-corrected chi connectivity index (χ2v) is 11.1. The number of hydrogen-bond acceptors (Lipinski definition) is 3. The summed E-state index contributed by atoms with van der Waals surface area (Å²) in [6.07, 6.45) is 8.94. The molecule has 0 heterocycles. The lowest BCUT2D eigenvalue weighted by Gasteiger charge is -2.31. The molecule has 2 aromatic carbocycles. The quantitative estimate of drug-likeness (QED) is 0.341. The summed E-state index contributed by atoms with van der Waals surface area (Å²) < 4.78 is 0. The van der Waals surface area contributed by atoms with Crippen LogP contribution in [0.1, 0.15) is 104 Å². The lowest BCUT2D eigenvalue weighted by atomic mass is 9.72. The van der Waals surface area contributed by atoms with E-state index >= 15 is 0 Å². The van der Waals surface area contributed by atoms with Crippen LogP contribution in [0.4, 0.5) is 0 Å². The van der Waals surface area contributed by atoms with Crippen LogP contribution in [0.3, 0.4) is 0 Å². The molecule has 0 bridgehead atoms. The van der Waals surface area contributed by atoms with E-state index in [2.05, 4.69) is 45.0 Å². The zero-order chi connectivity index (χ0) is 26.2. The SMILES string of the molecule is CCC(CC)C(CC(=O)CC(C)=O)CC1CC(=O)c2c(C)cccc2C1.Cc1ccc2c(c1)CCC2. The van der Waals surface area contributed by atoms with E-state index in [0.29, 0.717) is 24.7 Å². The lowest BCUT2D eigenvalue weighted by Crippen LogP contribution is -2.27. The summed E-state index contributed by atoms with van der Waals surface area (Å²) in [6.45, 7) is 9.98. The van der Waals surface area contributed by atoms with E-state index in [1.807, 2.05) is 19.1 Å². The van der Waals surface area contributed by atoms with Gasteiger partial charge in [0, 0.05) is 18.4 Å². The largest absolute Gasteiger partial charge is 0.300 e. The Bertz CT molecular complexity index is 1080. The first kappa shape index (κ1) is 28.0. The van der Waals surface area contributed by atoms with Crippen LogP contribution in [-0.2, 0) is 28.9 Å². The van der Waals surface area contributed by atoms with Gasteiger partial charge in [0.25, 0.3) is 0 Å². The minimum Gasteiger partial charge on any atom is -0.300 e. The smallest absolute Gasteiger partial charge is 0.163 e. The van der Waals surface area contributed by atoms with Gasteiger partial charge >= 0.3 is 0 Å². The minimum absolute atomic E-state index is 0.0439. The van der Waals surface area contributed by atoms with Gasteiger partial charge in [0.2, 0.25) is 0 Å². The molecule has 0 aromatic heterocycles. The monoisotopic (exact) mass is 488 g/mol. The Kier molecular flexibility index (Phi) is 10.2. The average Bonchev–Trinajstić information content (AvgIpc) is 3.27. The molecule has 2 aliphatic carbocycles. The zero-order valence-corrected chi connectivity index (χ0v) is 23.0. The number of Topliss-reactive ketones (excluding diaryl/α,β-unsaturated/α-hetero) is 3. The molecule has 0 saturated heterocycles. The van der Waals surface area contributed by atoms with Crippen molar-refractivity contribution in [3.05, 3.63) is 69.8 Å². The summed E-state index contributed by atoms with van der Waals surface area (Å²) in [5, 5.41) is 0. The van der Waals surface area contributed by atoms with Crippen LogP contribution < -0.4 is 0 Å². The van der Waals surface area contributed by atoms with Gasteiger partial charge in [-0.2, -0.15) is 0 Å². The van der Waals surface area contributed by atoms with Crippen molar-refractivity contribution in [1.29, 1.82) is 0 Å². The van der Waals surface area contributed by atoms with E-state index < -0.39 is 0 Å². The molecule has 2 aliphatic rings. The molecule has 0 spiro atoms. The highest BCUT2D eigenvalue weighted by atomic mass is 16.1. The fraction of sp³-hybridized carbons (Fsp3) is 0.545. The molecular formula is C33H44O3. The molecule has 3 nitrogen and oxygen atoms in total. The van der Waals surface area contributed by atoms with Gasteiger partial charge in [-0.25, -0.2) is 0 Å². The van der Waals surface area contributed by atoms with Gasteiger partial charge < -0.3 is 0 Å². The molecule has 4 rings (SSSR count). The first-order chi connectivity index (χ1) is 17.2. The topological polar surface area (TPSA) is 51.2 Å². The third kappa shape index (κ3) is 7.48. The van der Waals surface area contributed by atoms with E-state index in [9.17, 15) is 14.4 Å². The average molecular weight is 489 g/mol. The van der Waals surface area contributed by atoms with Crippen LogP contribution in [0.5, 0.6) is 0 Å². The molecule has 0 aliphatic heterocycles. The summed E-state index contributed by atoms with van der Waals surface area (Å²) in [5.74, 6) is 1.27. The van der Waals surface area contributed by atoms with Crippen LogP contribution in [0.25, 0.3) is 0 Å². The predicted molar refractivity (Wildman–Crippen MR) is 148 cm³/mol. The first-order valence-corrected chi connectivity index (χ1v) is 13.9. The Balaban J connectivity index is 0.000000297. The molecule has 2 atom stereocenters. The van der Waals surface area contributed by atoms with Crippen LogP contribution in [-0.4, -0.2) is 17.3 Å². The second-order valence-electron chi connectivity index (χ2n) is 11.1. The van der Waals surface area contributed by atoms with Crippen LogP contribution in [0.15, 0.2) is 36.4 Å². The first-order valence-electron chi connectivity index (χ1n) is 13.9. The number of carbonyl (C=O) groups is 3. The molecule has 0 amide bonds. The third-order valence-corrected chi connectivity index (χ3v) is 8.16. The Hall–Kier alpha value is -2.55. The molecular weight excluding hydrogens is 444 g/mol. The number of benzene rings is 2. The summed E-state index contributed by atoms with van der Waals surface area (Å²) in [7, 11) is 0. The maximum absolute atomic E-state index is 12.7. The van der Waals surface area contributed by atoms with Crippen molar-refractivity contribution in [3.63, 3.8) is 0 Å². The van der Waals surface area contributed by atoms with E-state index in [1.165, 1.54) is 31.7 Å². The molecule has 2 aromatic rings. The number of ketones is 3.